The van der Waals surface area contributed by atoms with E-state index in [0.29, 0.717) is 0 Å². The maximum Gasteiger partial charge on any atom is 0.511 e. The topological polar surface area (TPSA) is 35.5 Å². The van der Waals surface area contributed by atoms with Crippen molar-refractivity contribution in [1.29, 1.82) is 0 Å². The molecule has 0 amide bonds. The third-order valence-corrected chi connectivity index (χ3v) is 1.37. The van der Waals surface area contributed by atoms with Gasteiger partial charge in [0.15, 0.2) is 11.2 Å². The second-order valence-corrected chi connectivity index (χ2v) is 3.76. The Morgan fingerprint density at radius 1 is 1.00 bits per heavy atom. The molecule has 0 radical (unpaired) electrons. The summed E-state index contributed by atoms with van der Waals surface area (Å²) in [7, 11) is 0. The second kappa shape index (κ2) is 4.07. The van der Waals surface area contributed by atoms with E-state index in [2.05, 4.69) is 11.8 Å². The Balaban J connectivity index is 4.30. The molecule has 0 heterocycles. The number of hydrogen-bond acceptors (Lipinski definition) is 3. The van der Waals surface area contributed by atoms with Gasteiger partial charge in [-0.05, 0) is 27.7 Å². The van der Waals surface area contributed by atoms with Crippen LogP contribution in [0.2, 0.25) is 0 Å². The first-order chi connectivity index (χ1) is 6.22. The van der Waals surface area contributed by atoms with Crippen molar-refractivity contribution in [2.24, 2.45) is 0 Å². The summed E-state index contributed by atoms with van der Waals surface area (Å²) in [6, 6.07) is 0. The van der Waals surface area contributed by atoms with E-state index in [1.54, 1.807) is 27.7 Å². The Labute approximate surface area is 84.8 Å². The highest BCUT2D eigenvalue weighted by Crippen LogP contribution is 2.13. The van der Waals surface area contributed by atoms with E-state index in [0.717, 1.165) is 0 Å². The Morgan fingerprint density at radius 2 is 1.29 bits per heavy atom. The van der Waals surface area contributed by atoms with Gasteiger partial charge in [-0.3, -0.25) is 0 Å². The van der Waals surface area contributed by atoms with Gasteiger partial charge in [-0.1, -0.05) is 11.8 Å². The lowest BCUT2D eigenvalue weighted by molar-refractivity contribution is -0.0229. The molecule has 76 valence electrons. The third-order valence-electron chi connectivity index (χ3n) is 1.37. The van der Waals surface area contributed by atoms with Gasteiger partial charge in [-0.25, -0.2) is 4.79 Å². The number of carbonyl (C=O) groups is 1. The average molecular weight is 194 g/mol. The standard InChI is InChI=1S/C11H14O3/c1-7-10(3,4)13-9(12)14-11(5,6)8-2/h1-2H,3-6H3. The van der Waals surface area contributed by atoms with Crippen molar-refractivity contribution >= 4 is 6.16 Å². The highest BCUT2D eigenvalue weighted by molar-refractivity contribution is 5.62. The SMILES string of the molecule is C#CC(C)(C)OC(=O)OC(C)(C)C#C. The highest BCUT2D eigenvalue weighted by Gasteiger charge is 2.26. The van der Waals surface area contributed by atoms with E-state index in [-0.39, 0.29) is 0 Å². The zero-order valence-corrected chi connectivity index (χ0v) is 8.88. The van der Waals surface area contributed by atoms with E-state index in [4.69, 9.17) is 22.3 Å². The Hall–Kier alpha value is -1.61. The van der Waals surface area contributed by atoms with Crippen molar-refractivity contribution in [1.82, 2.24) is 0 Å². The van der Waals surface area contributed by atoms with Gasteiger partial charge in [0.05, 0.1) is 0 Å². The Kier molecular flexibility index (Phi) is 3.60. The van der Waals surface area contributed by atoms with Crippen LogP contribution in [0.5, 0.6) is 0 Å². The average Bonchev–Trinajstić information content (AvgIpc) is 2.02. The third kappa shape index (κ3) is 4.42. The van der Waals surface area contributed by atoms with Crippen molar-refractivity contribution in [3.05, 3.63) is 0 Å². The molecule has 0 aromatic rings. The van der Waals surface area contributed by atoms with Gasteiger partial charge in [-0.15, -0.1) is 12.8 Å². The van der Waals surface area contributed by atoms with E-state index in [1.807, 2.05) is 0 Å². The molecule has 0 saturated heterocycles. The smallest absolute Gasteiger partial charge is 0.415 e. The molecule has 0 aromatic carbocycles. The van der Waals surface area contributed by atoms with Gasteiger partial charge in [-0.2, -0.15) is 0 Å². The van der Waals surface area contributed by atoms with E-state index < -0.39 is 17.4 Å². The molecule has 0 aliphatic rings. The summed E-state index contributed by atoms with van der Waals surface area (Å²) in [5.41, 5.74) is -1.97. The van der Waals surface area contributed by atoms with Gasteiger partial charge < -0.3 is 9.47 Å². The lowest BCUT2D eigenvalue weighted by atomic mass is 10.1. The summed E-state index contributed by atoms with van der Waals surface area (Å²) < 4.78 is 9.66. The van der Waals surface area contributed by atoms with Crippen molar-refractivity contribution in [3.8, 4) is 24.7 Å². The first-order valence-electron chi connectivity index (χ1n) is 4.10. The van der Waals surface area contributed by atoms with Crippen molar-refractivity contribution < 1.29 is 14.3 Å². The molecule has 0 aliphatic carbocycles. The second-order valence-electron chi connectivity index (χ2n) is 3.76. The van der Waals surface area contributed by atoms with Crippen LogP contribution in [0.25, 0.3) is 0 Å². The van der Waals surface area contributed by atoms with Crippen LogP contribution < -0.4 is 0 Å². The van der Waals surface area contributed by atoms with E-state index >= 15 is 0 Å². The van der Waals surface area contributed by atoms with Crippen molar-refractivity contribution in [2.75, 3.05) is 0 Å². The molecule has 3 heteroatoms. The molecule has 0 atom stereocenters. The lowest BCUT2D eigenvalue weighted by Gasteiger charge is -2.22. The van der Waals surface area contributed by atoms with Crippen LogP contribution in [-0.2, 0) is 9.47 Å². The molecule has 0 aliphatic heterocycles. The Bertz CT molecular complexity index is 269. The highest BCUT2D eigenvalue weighted by atomic mass is 16.7. The predicted octanol–water partition coefficient (Wildman–Crippen LogP) is 1.96. The molecule has 0 fully saturated rings. The normalized spacial score (nSPS) is 11.0. The summed E-state index contributed by atoms with van der Waals surface area (Å²) in [5, 5.41) is 0. The largest absolute Gasteiger partial charge is 0.511 e. The van der Waals surface area contributed by atoms with Gasteiger partial charge in [0.25, 0.3) is 0 Å². The summed E-state index contributed by atoms with van der Waals surface area (Å²) in [6.45, 7) is 6.32. The Morgan fingerprint density at radius 3 is 1.50 bits per heavy atom. The zero-order valence-electron chi connectivity index (χ0n) is 8.88. The van der Waals surface area contributed by atoms with Crippen LogP contribution in [0, 0.1) is 24.7 Å². The van der Waals surface area contributed by atoms with Gasteiger partial charge >= 0.3 is 6.16 Å². The van der Waals surface area contributed by atoms with Crippen LogP contribution in [0.4, 0.5) is 4.79 Å². The fourth-order valence-corrected chi connectivity index (χ4v) is 0.496. The minimum absolute atomic E-state index is 0.865. The molecule has 0 unspecified atom stereocenters. The number of terminal acetylenes is 2. The molecule has 3 nitrogen and oxygen atoms in total. The molecule has 14 heavy (non-hydrogen) atoms. The molecule has 0 aromatic heterocycles. The fraction of sp³-hybridized carbons (Fsp3) is 0.545. The van der Waals surface area contributed by atoms with E-state index in [9.17, 15) is 4.79 Å². The van der Waals surface area contributed by atoms with E-state index in [1.165, 1.54) is 0 Å². The van der Waals surface area contributed by atoms with Crippen LogP contribution in [0.15, 0.2) is 0 Å². The monoisotopic (exact) mass is 194 g/mol. The van der Waals surface area contributed by atoms with Crippen LogP contribution in [-0.4, -0.2) is 17.4 Å². The molecule has 0 spiro atoms. The minimum Gasteiger partial charge on any atom is -0.415 e. The summed E-state index contributed by atoms with van der Waals surface area (Å²) in [4.78, 5) is 11.2. The first-order valence-corrected chi connectivity index (χ1v) is 4.10. The number of carbonyl (C=O) groups excluding carboxylic acids is 1. The van der Waals surface area contributed by atoms with Crippen LogP contribution in [0.1, 0.15) is 27.7 Å². The van der Waals surface area contributed by atoms with Crippen LogP contribution in [0.3, 0.4) is 0 Å². The van der Waals surface area contributed by atoms with Crippen molar-refractivity contribution in [3.63, 3.8) is 0 Å². The summed E-state index contributed by atoms with van der Waals surface area (Å²) in [5.74, 6) is 4.60. The quantitative estimate of drug-likeness (QED) is 0.498. The van der Waals surface area contributed by atoms with Gasteiger partial charge in [0.1, 0.15) is 0 Å². The maximum atomic E-state index is 11.2. The maximum absolute atomic E-state index is 11.2. The first kappa shape index (κ1) is 12.4. The number of ether oxygens (including phenoxy) is 2. The predicted molar refractivity (Wildman–Crippen MR) is 53.4 cm³/mol. The van der Waals surface area contributed by atoms with Crippen molar-refractivity contribution in [2.45, 2.75) is 38.9 Å². The zero-order chi connectivity index (χ0) is 11.4. The number of rotatable bonds is 2. The molecule has 0 N–H and O–H groups in total. The molecule has 0 saturated carbocycles. The van der Waals surface area contributed by atoms with Gasteiger partial charge in [0, 0.05) is 0 Å². The summed E-state index contributed by atoms with van der Waals surface area (Å²) >= 11 is 0. The summed E-state index contributed by atoms with van der Waals surface area (Å²) in [6.07, 6.45) is 9.39. The number of hydrogen-bond donors (Lipinski definition) is 0. The molecular formula is C11H14O3. The molecular weight excluding hydrogens is 180 g/mol. The molecule has 0 rings (SSSR count). The van der Waals surface area contributed by atoms with Crippen LogP contribution >= 0.6 is 0 Å². The van der Waals surface area contributed by atoms with Gasteiger partial charge in [0.2, 0.25) is 0 Å². The molecule has 0 bridgehead atoms. The lowest BCUT2D eigenvalue weighted by Crippen LogP contribution is -2.32. The fourth-order valence-electron chi connectivity index (χ4n) is 0.496. The minimum atomic E-state index is -0.984.